The number of hydrazone groups is 1. The maximum absolute atomic E-state index is 12.4. The lowest BCUT2D eigenvalue weighted by Gasteiger charge is -2.11. The zero-order chi connectivity index (χ0) is 18.5. The van der Waals surface area contributed by atoms with Crippen LogP contribution in [0.5, 0.6) is 0 Å². The van der Waals surface area contributed by atoms with Crippen LogP contribution < -0.4 is 10.3 Å². The van der Waals surface area contributed by atoms with E-state index in [9.17, 15) is 4.79 Å². The van der Waals surface area contributed by atoms with Crippen LogP contribution >= 0.6 is 11.3 Å². The lowest BCUT2D eigenvalue weighted by molar-refractivity contribution is 0.0950. The third kappa shape index (κ3) is 4.15. The minimum Gasteiger partial charge on any atom is -0.378 e. The number of amides is 1. The Kier molecular flexibility index (Phi) is 5.43. The van der Waals surface area contributed by atoms with Crippen molar-refractivity contribution >= 4 is 29.1 Å². The molecule has 3 rings (SSSR count). The van der Waals surface area contributed by atoms with Gasteiger partial charge in [0.05, 0.1) is 6.21 Å². The van der Waals surface area contributed by atoms with Gasteiger partial charge in [0.15, 0.2) is 0 Å². The molecule has 2 aromatic carbocycles. The molecule has 0 saturated carbocycles. The van der Waals surface area contributed by atoms with E-state index < -0.39 is 0 Å². The molecule has 0 spiro atoms. The first kappa shape index (κ1) is 17.8. The van der Waals surface area contributed by atoms with Crippen LogP contribution in [0.15, 0.2) is 59.7 Å². The van der Waals surface area contributed by atoms with Crippen LogP contribution in [0.25, 0.3) is 10.6 Å². The molecule has 132 valence electrons. The molecule has 0 aliphatic rings. The number of carbonyl (C=O) groups excluding carboxylic acids is 1. The molecular weight excluding hydrogens is 344 g/mol. The highest BCUT2D eigenvalue weighted by molar-refractivity contribution is 7.15. The Labute approximate surface area is 157 Å². The zero-order valence-electron chi connectivity index (χ0n) is 14.9. The number of anilines is 1. The van der Waals surface area contributed by atoms with Crippen molar-refractivity contribution in [3.8, 4) is 10.6 Å². The molecule has 5 nitrogen and oxygen atoms in total. The van der Waals surface area contributed by atoms with Gasteiger partial charge in [0, 0.05) is 30.2 Å². The van der Waals surface area contributed by atoms with Crippen molar-refractivity contribution in [2.75, 3.05) is 19.0 Å². The van der Waals surface area contributed by atoms with Crippen molar-refractivity contribution in [1.82, 2.24) is 10.4 Å². The SMILES string of the molecule is Cc1sc(-c2ccccc2)nc1C(=O)N/N=C\c1ccc(N(C)C)cc1. The first-order valence-corrected chi connectivity index (χ1v) is 9.00. The Balaban J connectivity index is 1.67. The maximum atomic E-state index is 12.4. The summed E-state index contributed by atoms with van der Waals surface area (Å²) in [4.78, 5) is 19.7. The summed E-state index contributed by atoms with van der Waals surface area (Å²) in [6.07, 6.45) is 1.62. The average Bonchev–Trinajstić information content (AvgIpc) is 3.05. The van der Waals surface area contributed by atoms with Gasteiger partial charge in [0.2, 0.25) is 0 Å². The van der Waals surface area contributed by atoms with E-state index in [1.165, 1.54) is 11.3 Å². The van der Waals surface area contributed by atoms with Crippen LogP contribution in [0.2, 0.25) is 0 Å². The van der Waals surface area contributed by atoms with Gasteiger partial charge in [-0.2, -0.15) is 5.10 Å². The number of rotatable bonds is 5. The first-order chi connectivity index (χ1) is 12.5. The minimum absolute atomic E-state index is 0.304. The van der Waals surface area contributed by atoms with Crippen LogP contribution in [0.1, 0.15) is 20.9 Å². The summed E-state index contributed by atoms with van der Waals surface area (Å²) in [5.41, 5.74) is 5.99. The maximum Gasteiger partial charge on any atom is 0.291 e. The predicted molar refractivity (Wildman–Crippen MR) is 108 cm³/mol. The molecule has 6 heteroatoms. The molecule has 3 aromatic rings. The molecule has 26 heavy (non-hydrogen) atoms. The Hall–Kier alpha value is -2.99. The van der Waals surface area contributed by atoms with E-state index in [0.29, 0.717) is 5.69 Å². The molecule has 1 heterocycles. The number of nitrogens with one attached hydrogen (secondary N) is 1. The lowest BCUT2D eigenvalue weighted by atomic mass is 10.2. The van der Waals surface area contributed by atoms with E-state index in [1.807, 2.05) is 80.5 Å². The van der Waals surface area contributed by atoms with Gasteiger partial charge in [-0.3, -0.25) is 4.79 Å². The monoisotopic (exact) mass is 364 g/mol. The topological polar surface area (TPSA) is 57.6 Å². The van der Waals surface area contributed by atoms with E-state index in [4.69, 9.17) is 0 Å². The molecule has 0 saturated heterocycles. The van der Waals surface area contributed by atoms with Gasteiger partial charge in [-0.05, 0) is 24.6 Å². The molecule has 0 aliphatic carbocycles. The quantitative estimate of drug-likeness (QED) is 0.551. The van der Waals surface area contributed by atoms with Crippen LogP contribution in [0, 0.1) is 6.92 Å². The fraction of sp³-hybridized carbons (Fsp3) is 0.150. The number of thiazole rings is 1. The van der Waals surface area contributed by atoms with Gasteiger partial charge in [-0.25, -0.2) is 10.4 Å². The van der Waals surface area contributed by atoms with Crippen LogP contribution in [0.4, 0.5) is 5.69 Å². The second-order valence-electron chi connectivity index (χ2n) is 5.97. The Morgan fingerprint density at radius 1 is 1.12 bits per heavy atom. The predicted octanol–water partition coefficient (Wildman–Crippen LogP) is 3.95. The smallest absolute Gasteiger partial charge is 0.291 e. The van der Waals surface area contributed by atoms with E-state index >= 15 is 0 Å². The molecule has 0 atom stereocenters. The molecule has 0 fully saturated rings. The average molecular weight is 364 g/mol. The summed E-state index contributed by atoms with van der Waals surface area (Å²) in [6.45, 7) is 1.89. The van der Waals surface area contributed by atoms with Gasteiger partial charge in [-0.1, -0.05) is 42.5 Å². The summed E-state index contributed by atoms with van der Waals surface area (Å²) in [5, 5.41) is 4.87. The second-order valence-corrected chi connectivity index (χ2v) is 7.18. The van der Waals surface area contributed by atoms with Crippen molar-refractivity contribution in [3.63, 3.8) is 0 Å². The third-order valence-electron chi connectivity index (χ3n) is 3.82. The first-order valence-electron chi connectivity index (χ1n) is 8.18. The molecule has 0 unspecified atom stereocenters. The van der Waals surface area contributed by atoms with Gasteiger partial charge < -0.3 is 4.90 Å². The summed E-state index contributed by atoms with van der Waals surface area (Å²) >= 11 is 1.50. The highest BCUT2D eigenvalue weighted by Gasteiger charge is 2.15. The van der Waals surface area contributed by atoms with Gasteiger partial charge in [0.1, 0.15) is 10.7 Å². The number of aryl methyl sites for hydroxylation is 1. The van der Waals surface area contributed by atoms with Crippen LogP contribution in [-0.2, 0) is 0 Å². The minimum atomic E-state index is -0.304. The number of nitrogens with zero attached hydrogens (tertiary/aromatic N) is 3. The van der Waals surface area contributed by atoms with Crippen LogP contribution in [0.3, 0.4) is 0 Å². The van der Waals surface area contributed by atoms with Crippen molar-refractivity contribution in [2.45, 2.75) is 6.92 Å². The highest BCUT2D eigenvalue weighted by atomic mass is 32.1. The number of benzene rings is 2. The summed E-state index contributed by atoms with van der Waals surface area (Å²) in [5.74, 6) is -0.304. The number of carbonyl (C=O) groups is 1. The second kappa shape index (κ2) is 7.93. The van der Waals surface area contributed by atoms with Crippen molar-refractivity contribution in [2.24, 2.45) is 5.10 Å². The molecule has 1 amide bonds. The summed E-state index contributed by atoms with van der Waals surface area (Å²) < 4.78 is 0. The molecule has 1 aromatic heterocycles. The number of hydrogen-bond acceptors (Lipinski definition) is 5. The van der Waals surface area contributed by atoms with Crippen molar-refractivity contribution in [3.05, 3.63) is 70.7 Å². The zero-order valence-corrected chi connectivity index (χ0v) is 15.7. The Morgan fingerprint density at radius 3 is 2.46 bits per heavy atom. The van der Waals surface area contributed by atoms with E-state index in [0.717, 1.165) is 26.7 Å². The highest BCUT2D eigenvalue weighted by Crippen LogP contribution is 2.27. The third-order valence-corrected chi connectivity index (χ3v) is 4.84. The Morgan fingerprint density at radius 2 is 1.81 bits per heavy atom. The van der Waals surface area contributed by atoms with Gasteiger partial charge in [-0.15, -0.1) is 11.3 Å². The molecular formula is C20H20N4OS. The largest absolute Gasteiger partial charge is 0.378 e. The van der Waals surface area contributed by atoms with E-state index in [-0.39, 0.29) is 5.91 Å². The van der Waals surface area contributed by atoms with E-state index in [2.05, 4.69) is 15.5 Å². The fourth-order valence-electron chi connectivity index (χ4n) is 2.39. The molecule has 0 bridgehead atoms. The lowest BCUT2D eigenvalue weighted by Crippen LogP contribution is -2.19. The fourth-order valence-corrected chi connectivity index (χ4v) is 3.30. The summed E-state index contributed by atoms with van der Waals surface area (Å²) in [7, 11) is 3.98. The normalized spacial score (nSPS) is 10.9. The van der Waals surface area contributed by atoms with Crippen molar-refractivity contribution in [1.29, 1.82) is 0 Å². The molecule has 0 aliphatic heterocycles. The number of aromatic nitrogens is 1. The summed E-state index contributed by atoms with van der Waals surface area (Å²) in [6, 6.07) is 17.7. The standard InChI is InChI=1S/C20H20N4OS/c1-14-18(22-20(26-14)16-7-5-4-6-8-16)19(25)23-21-13-15-9-11-17(12-10-15)24(2)3/h4-13H,1-3H3,(H,23,25)/b21-13-. The van der Waals surface area contributed by atoms with Gasteiger partial charge >= 0.3 is 0 Å². The Bertz CT molecular complexity index is 915. The van der Waals surface area contributed by atoms with E-state index in [1.54, 1.807) is 6.21 Å². The van der Waals surface area contributed by atoms with Gasteiger partial charge in [0.25, 0.3) is 5.91 Å². The number of hydrogen-bond donors (Lipinski definition) is 1. The molecule has 0 radical (unpaired) electrons. The van der Waals surface area contributed by atoms with Crippen LogP contribution in [-0.4, -0.2) is 31.2 Å². The molecule has 1 N–H and O–H groups in total. The van der Waals surface area contributed by atoms with Crippen molar-refractivity contribution < 1.29 is 4.79 Å².